The summed E-state index contributed by atoms with van der Waals surface area (Å²) in [5.74, 6) is -0.300. The van der Waals surface area contributed by atoms with Crippen LogP contribution in [0.2, 0.25) is 5.02 Å². The average Bonchev–Trinajstić information content (AvgIpc) is 2.38. The molecule has 0 aliphatic rings. The summed E-state index contributed by atoms with van der Waals surface area (Å²) < 4.78 is 29.2. The monoisotopic (exact) mass is 321 g/mol. The predicted molar refractivity (Wildman–Crippen MR) is 78.1 cm³/mol. The van der Waals surface area contributed by atoms with Gasteiger partial charge in [0.15, 0.2) is 0 Å². The zero-order chi connectivity index (χ0) is 15.1. The zero-order valence-corrected chi connectivity index (χ0v) is 12.9. The molecule has 1 rings (SSSR count). The molecule has 1 N–H and O–H groups in total. The predicted octanol–water partition coefficient (Wildman–Crippen LogP) is 2.13. The Hall–Kier alpha value is -1.14. The summed E-state index contributed by atoms with van der Waals surface area (Å²) in [7, 11) is -0.966. The molecule has 112 valence electrons. The van der Waals surface area contributed by atoms with E-state index in [9.17, 15) is 13.4 Å². The number of halogens is 2. The maximum atomic E-state index is 12.8. The minimum Gasteiger partial charge on any atom is -0.491 e. The van der Waals surface area contributed by atoms with Crippen molar-refractivity contribution >= 4 is 28.3 Å². The molecule has 0 radical (unpaired) electrons. The molecule has 0 heterocycles. The van der Waals surface area contributed by atoms with Crippen LogP contribution in [-0.2, 0) is 15.6 Å². The highest BCUT2D eigenvalue weighted by Crippen LogP contribution is 2.24. The van der Waals surface area contributed by atoms with Gasteiger partial charge in [0.2, 0.25) is 5.91 Å². The van der Waals surface area contributed by atoms with Crippen LogP contribution in [-0.4, -0.2) is 34.8 Å². The van der Waals surface area contributed by atoms with E-state index in [-0.39, 0.29) is 29.2 Å². The lowest BCUT2D eigenvalue weighted by atomic mass is 10.3. The fraction of sp³-hybridized carbons (Fsp3) is 0.462. The van der Waals surface area contributed by atoms with Crippen molar-refractivity contribution in [1.29, 1.82) is 0 Å². The van der Waals surface area contributed by atoms with Crippen LogP contribution < -0.4 is 10.1 Å². The lowest BCUT2D eigenvalue weighted by Gasteiger charge is -2.11. The van der Waals surface area contributed by atoms with Gasteiger partial charge in [0.1, 0.15) is 11.6 Å². The van der Waals surface area contributed by atoms with Crippen molar-refractivity contribution in [3.05, 3.63) is 29.0 Å². The zero-order valence-electron chi connectivity index (χ0n) is 11.3. The number of hydrogen-bond donors (Lipinski definition) is 1. The molecule has 0 saturated carbocycles. The highest BCUT2D eigenvalue weighted by atomic mass is 35.5. The van der Waals surface area contributed by atoms with Gasteiger partial charge in [-0.1, -0.05) is 11.6 Å². The number of nitrogens with one attached hydrogen (secondary N) is 1. The minimum absolute atomic E-state index is 0.0913. The largest absolute Gasteiger partial charge is 0.491 e. The SMILES string of the molecule is C[C@@H](CNC(=O)CCOc1ccc(F)cc1Cl)[S@](C)=O. The van der Waals surface area contributed by atoms with Crippen molar-refractivity contribution in [2.45, 2.75) is 18.6 Å². The molecule has 0 aliphatic carbocycles. The van der Waals surface area contributed by atoms with E-state index in [1.807, 2.05) is 0 Å². The van der Waals surface area contributed by atoms with Crippen LogP contribution in [0.4, 0.5) is 4.39 Å². The van der Waals surface area contributed by atoms with Gasteiger partial charge in [0, 0.05) is 28.9 Å². The number of amides is 1. The van der Waals surface area contributed by atoms with Crippen LogP contribution in [0.1, 0.15) is 13.3 Å². The Balaban J connectivity index is 2.30. The summed E-state index contributed by atoms with van der Waals surface area (Å²) in [6, 6.07) is 3.80. The topological polar surface area (TPSA) is 55.4 Å². The number of ether oxygens (including phenoxy) is 1. The number of carbonyl (C=O) groups excluding carboxylic acids is 1. The van der Waals surface area contributed by atoms with E-state index in [1.165, 1.54) is 12.1 Å². The van der Waals surface area contributed by atoms with Crippen LogP contribution in [0.25, 0.3) is 0 Å². The molecule has 1 amide bonds. The van der Waals surface area contributed by atoms with Crippen LogP contribution in [0.3, 0.4) is 0 Å². The second-order valence-electron chi connectivity index (χ2n) is 4.29. The summed E-state index contributed by atoms with van der Waals surface area (Å²) in [5.41, 5.74) is 0. The van der Waals surface area contributed by atoms with Crippen molar-refractivity contribution in [3.63, 3.8) is 0 Å². The first kappa shape index (κ1) is 16.9. The third kappa shape index (κ3) is 5.88. The number of carbonyl (C=O) groups is 1. The molecular weight excluding hydrogens is 305 g/mol. The number of hydrogen-bond acceptors (Lipinski definition) is 3. The second kappa shape index (κ2) is 8.21. The highest BCUT2D eigenvalue weighted by Gasteiger charge is 2.09. The van der Waals surface area contributed by atoms with Gasteiger partial charge in [-0.2, -0.15) is 0 Å². The van der Waals surface area contributed by atoms with E-state index in [0.717, 1.165) is 6.07 Å². The van der Waals surface area contributed by atoms with E-state index in [2.05, 4.69) is 5.32 Å². The van der Waals surface area contributed by atoms with Gasteiger partial charge >= 0.3 is 0 Å². The molecule has 0 bridgehead atoms. The van der Waals surface area contributed by atoms with Gasteiger partial charge in [-0.3, -0.25) is 9.00 Å². The third-order valence-corrected chi connectivity index (χ3v) is 4.23. The van der Waals surface area contributed by atoms with E-state index >= 15 is 0 Å². The van der Waals surface area contributed by atoms with Crippen LogP contribution in [0, 0.1) is 5.82 Å². The van der Waals surface area contributed by atoms with Gasteiger partial charge < -0.3 is 10.1 Å². The lowest BCUT2D eigenvalue weighted by molar-refractivity contribution is -0.121. The maximum Gasteiger partial charge on any atom is 0.223 e. The maximum absolute atomic E-state index is 12.8. The summed E-state index contributed by atoms with van der Waals surface area (Å²) >= 11 is 5.78. The Morgan fingerprint density at radius 2 is 2.25 bits per heavy atom. The molecule has 0 aromatic heterocycles. The van der Waals surface area contributed by atoms with Crippen molar-refractivity contribution in [2.75, 3.05) is 19.4 Å². The van der Waals surface area contributed by atoms with Gasteiger partial charge in [0.25, 0.3) is 0 Å². The third-order valence-electron chi connectivity index (χ3n) is 2.63. The molecule has 2 atom stereocenters. The minimum atomic E-state index is -0.966. The number of rotatable bonds is 7. The normalized spacial score (nSPS) is 13.6. The molecule has 0 saturated heterocycles. The molecular formula is C13H17ClFNO3S. The lowest BCUT2D eigenvalue weighted by Crippen LogP contribution is -2.33. The Morgan fingerprint density at radius 1 is 1.55 bits per heavy atom. The first-order valence-corrected chi connectivity index (χ1v) is 8.07. The molecule has 4 nitrogen and oxygen atoms in total. The van der Waals surface area contributed by atoms with Gasteiger partial charge in [-0.05, 0) is 25.1 Å². The molecule has 1 aromatic rings. The molecule has 1 aromatic carbocycles. The fourth-order valence-corrected chi connectivity index (χ4v) is 1.85. The smallest absolute Gasteiger partial charge is 0.223 e. The van der Waals surface area contributed by atoms with E-state index in [0.29, 0.717) is 12.3 Å². The standard InChI is InChI=1S/C13H17ClFNO3S/c1-9(20(2)18)8-16-13(17)5-6-19-12-4-3-10(15)7-11(12)14/h3-4,7,9H,5-6,8H2,1-2H3,(H,16,17)/t9-,20-/m0/s1. The van der Waals surface area contributed by atoms with Crippen molar-refractivity contribution in [2.24, 2.45) is 0 Å². The summed E-state index contributed by atoms with van der Waals surface area (Å²) in [5, 5.41) is 2.74. The highest BCUT2D eigenvalue weighted by molar-refractivity contribution is 7.84. The van der Waals surface area contributed by atoms with Crippen molar-refractivity contribution in [1.82, 2.24) is 5.32 Å². The van der Waals surface area contributed by atoms with Crippen molar-refractivity contribution in [3.8, 4) is 5.75 Å². The summed E-state index contributed by atoms with van der Waals surface area (Å²) in [4.78, 5) is 11.5. The molecule has 0 aliphatic heterocycles. The Morgan fingerprint density at radius 3 is 2.85 bits per heavy atom. The first-order valence-electron chi connectivity index (χ1n) is 6.07. The van der Waals surface area contributed by atoms with Crippen LogP contribution in [0.15, 0.2) is 18.2 Å². The fourth-order valence-electron chi connectivity index (χ4n) is 1.31. The van der Waals surface area contributed by atoms with Gasteiger partial charge in [-0.25, -0.2) is 4.39 Å². The Kier molecular flexibility index (Phi) is 6.95. The summed E-state index contributed by atoms with van der Waals surface area (Å²) in [6.45, 7) is 2.30. The van der Waals surface area contributed by atoms with E-state index in [4.69, 9.17) is 16.3 Å². The second-order valence-corrected chi connectivity index (χ2v) is 6.50. The summed E-state index contributed by atoms with van der Waals surface area (Å²) in [6.07, 6.45) is 1.74. The molecule has 20 heavy (non-hydrogen) atoms. The first-order chi connectivity index (χ1) is 9.40. The Labute approximate surface area is 125 Å². The number of benzene rings is 1. The van der Waals surface area contributed by atoms with E-state index in [1.54, 1.807) is 13.2 Å². The molecule has 0 spiro atoms. The average molecular weight is 322 g/mol. The quantitative estimate of drug-likeness (QED) is 0.837. The van der Waals surface area contributed by atoms with Crippen LogP contribution in [0.5, 0.6) is 5.75 Å². The van der Waals surface area contributed by atoms with E-state index < -0.39 is 16.6 Å². The molecule has 0 fully saturated rings. The molecule has 7 heteroatoms. The van der Waals surface area contributed by atoms with Crippen molar-refractivity contribution < 1.29 is 18.1 Å². The van der Waals surface area contributed by atoms with Crippen LogP contribution >= 0.6 is 11.6 Å². The van der Waals surface area contributed by atoms with Gasteiger partial charge in [-0.15, -0.1) is 0 Å². The molecule has 0 unspecified atom stereocenters. The van der Waals surface area contributed by atoms with Gasteiger partial charge in [0.05, 0.1) is 18.1 Å². The Bertz CT molecular complexity index is 499.